The quantitative estimate of drug-likeness (QED) is 0.722. The third-order valence-electron chi connectivity index (χ3n) is 4.37. The number of hydrogen-bond acceptors (Lipinski definition) is 5. The molecule has 1 aromatic heterocycles. The van der Waals surface area contributed by atoms with Crippen molar-refractivity contribution in [2.45, 2.75) is 20.4 Å². The van der Waals surface area contributed by atoms with Crippen LogP contribution in [0.25, 0.3) is 0 Å². The number of benzene rings is 2. The molecule has 0 bridgehead atoms. The van der Waals surface area contributed by atoms with Crippen LogP contribution >= 0.6 is 0 Å². The third-order valence-corrected chi connectivity index (χ3v) is 4.37. The van der Waals surface area contributed by atoms with E-state index in [2.05, 4.69) is 10.3 Å². The zero-order valence-corrected chi connectivity index (χ0v) is 15.9. The molecule has 0 spiro atoms. The van der Waals surface area contributed by atoms with E-state index >= 15 is 0 Å². The van der Waals surface area contributed by atoms with Gasteiger partial charge in [0.2, 0.25) is 11.7 Å². The Labute approximate surface area is 158 Å². The maximum atomic E-state index is 12.2. The van der Waals surface area contributed by atoms with Crippen LogP contribution in [0.4, 0.5) is 11.6 Å². The molecule has 6 nitrogen and oxygen atoms in total. The maximum absolute atomic E-state index is 12.2. The highest BCUT2D eigenvalue weighted by Crippen LogP contribution is 2.28. The second-order valence-corrected chi connectivity index (χ2v) is 6.31. The number of hydrogen-bond donors (Lipinski definition) is 1. The van der Waals surface area contributed by atoms with Gasteiger partial charge in [-0.1, -0.05) is 36.4 Å². The van der Waals surface area contributed by atoms with E-state index in [1.165, 1.54) is 7.11 Å². The minimum Gasteiger partial charge on any atom is -0.496 e. The van der Waals surface area contributed by atoms with Gasteiger partial charge in [0.15, 0.2) is 0 Å². The van der Waals surface area contributed by atoms with Gasteiger partial charge in [0.25, 0.3) is 0 Å². The van der Waals surface area contributed by atoms with Crippen LogP contribution in [0, 0.1) is 13.8 Å². The van der Waals surface area contributed by atoms with Crippen LogP contribution < -0.4 is 20.3 Å². The first-order valence-electron chi connectivity index (χ1n) is 8.63. The lowest BCUT2D eigenvalue weighted by molar-refractivity contribution is 0.402. The van der Waals surface area contributed by atoms with Crippen molar-refractivity contribution < 1.29 is 9.47 Å². The SMILES string of the molecule is COc1cc(Nc2nc(=O)c(OC)cn2Cc2ccccc2)c(C)cc1C. The van der Waals surface area contributed by atoms with E-state index in [0.717, 1.165) is 28.1 Å². The van der Waals surface area contributed by atoms with E-state index in [9.17, 15) is 4.79 Å². The Morgan fingerprint density at radius 3 is 2.37 bits per heavy atom. The maximum Gasteiger partial charge on any atom is 0.316 e. The summed E-state index contributed by atoms with van der Waals surface area (Å²) in [6, 6.07) is 13.9. The number of nitrogens with one attached hydrogen (secondary N) is 1. The number of ether oxygens (including phenoxy) is 2. The molecule has 3 rings (SSSR count). The Bertz CT molecular complexity index is 998. The zero-order chi connectivity index (χ0) is 19.4. The summed E-state index contributed by atoms with van der Waals surface area (Å²) in [5.41, 5.74) is 3.58. The van der Waals surface area contributed by atoms with Crippen LogP contribution in [-0.4, -0.2) is 23.8 Å². The van der Waals surface area contributed by atoms with Crippen LogP contribution in [0.2, 0.25) is 0 Å². The average Bonchev–Trinajstić information content (AvgIpc) is 2.66. The molecule has 0 aliphatic heterocycles. The smallest absolute Gasteiger partial charge is 0.316 e. The first-order valence-corrected chi connectivity index (χ1v) is 8.63. The molecule has 6 heteroatoms. The number of rotatable bonds is 6. The van der Waals surface area contributed by atoms with E-state index in [-0.39, 0.29) is 5.75 Å². The second-order valence-electron chi connectivity index (χ2n) is 6.31. The van der Waals surface area contributed by atoms with Gasteiger partial charge >= 0.3 is 5.56 Å². The van der Waals surface area contributed by atoms with Gasteiger partial charge in [0, 0.05) is 11.8 Å². The number of nitrogens with zero attached hydrogens (tertiary/aromatic N) is 2. The highest BCUT2D eigenvalue weighted by Gasteiger charge is 2.12. The molecule has 0 atom stereocenters. The van der Waals surface area contributed by atoms with Crippen LogP contribution in [0.3, 0.4) is 0 Å². The van der Waals surface area contributed by atoms with Crippen LogP contribution in [0.15, 0.2) is 53.5 Å². The van der Waals surface area contributed by atoms with Gasteiger partial charge in [-0.2, -0.15) is 4.98 Å². The minimum absolute atomic E-state index is 0.203. The molecule has 0 saturated heterocycles. The summed E-state index contributed by atoms with van der Waals surface area (Å²) in [6.45, 7) is 4.54. The fourth-order valence-electron chi connectivity index (χ4n) is 2.92. The topological polar surface area (TPSA) is 65.4 Å². The van der Waals surface area contributed by atoms with Crippen LogP contribution in [-0.2, 0) is 6.54 Å². The minimum atomic E-state index is -0.416. The van der Waals surface area contributed by atoms with Gasteiger partial charge in [-0.15, -0.1) is 0 Å². The second kappa shape index (κ2) is 7.95. The summed E-state index contributed by atoms with van der Waals surface area (Å²) >= 11 is 0. The Morgan fingerprint density at radius 1 is 1.00 bits per heavy atom. The predicted molar refractivity (Wildman–Crippen MR) is 106 cm³/mol. The monoisotopic (exact) mass is 365 g/mol. The normalized spacial score (nSPS) is 10.5. The molecule has 0 unspecified atom stereocenters. The lowest BCUT2D eigenvalue weighted by Crippen LogP contribution is -2.19. The molecule has 0 radical (unpaired) electrons. The predicted octanol–water partition coefficient (Wildman–Crippen LogP) is 3.67. The van der Waals surface area contributed by atoms with Crippen molar-refractivity contribution in [1.29, 1.82) is 0 Å². The molecule has 3 aromatic rings. The molecule has 0 saturated carbocycles. The largest absolute Gasteiger partial charge is 0.496 e. The molecular weight excluding hydrogens is 342 g/mol. The van der Waals surface area contributed by atoms with Crippen LogP contribution in [0.5, 0.6) is 11.5 Å². The van der Waals surface area contributed by atoms with Crippen molar-refractivity contribution in [3.05, 3.63) is 75.7 Å². The molecule has 140 valence electrons. The summed E-state index contributed by atoms with van der Waals surface area (Å²) in [5.74, 6) is 1.42. The molecule has 1 N–H and O–H groups in total. The molecule has 0 fully saturated rings. The highest BCUT2D eigenvalue weighted by atomic mass is 16.5. The van der Waals surface area contributed by atoms with E-state index in [1.807, 2.05) is 60.9 Å². The number of aryl methyl sites for hydroxylation is 2. The summed E-state index contributed by atoms with van der Waals surface area (Å²) in [6.07, 6.45) is 1.67. The summed E-state index contributed by atoms with van der Waals surface area (Å²) in [4.78, 5) is 16.4. The molecule has 1 heterocycles. The standard InChI is InChI=1S/C21H23N3O3/c1-14-10-15(2)18(26-3)11-17(14)22-21-23-20(25)19(27-4)13-24(21)12-16-8-6-5-7-9-16/h5-11,13H,12H2,1-4H3,(H,22,23,25). The van der Waals surface area contributed by atoms with E-state index in [0.29, 0.717) is 12.5 Å². The van der Waals surface area contributed by atoms with Crippen molar-refractivity contribution in [2.24, 2.45) is 0 Å². The summed E-state index contributed by atoms with van der Waals surface area (Å²) in [5, 5.41) is 3.27. The first-order chi connectivity index (χ1) is 13.0. The van der Waals surface area contributed by atoms with Crippen molar-refractivity contribution >= 4 is 11.6 Å². The lowest BCUT2D eigenvalue weighted by atomic mass is 10.1. The fourth-order valence-corrected chi connectivity index (χ4v) is 2.92. The molecule has 27 heavy (non-hydrogen) atoms. The number of methoxy groups -OCH3 is 2. The van der Waals surface area contributed by atoms with Gasteiger partial charge in [-0.25, -0.2) is 0 Å². The molecule has 0 aliphatic rings. The fraction of sp³-hybridized carbons (Fsp3) is 0.238. The van der Waals surface area contributed by atoms with Gasteiger partial charge in [0.1, 0.15) is 5.75 Å². The van der Waals surface area contributed by atoms with Crippen molar-refractivity contribution in [3.8, 4) is 11.5 Å². The summed E-state index contributed by atoms with van der Waals surface area (Å²) in [7, 11) is 3.10. The van der Waals surface area contributed by atoms with Gasteiger partial charge < -0.3 is 19.4 Å². The first kappa shape index (κ1) is 18.5. The Balaban J connectivity index is 2.04. The summed E-state index contributed by atoms with van der Waals surface area (Å²) < 4.78 is 12.4. The highest BCUT2D eigenvalue weighted by molar-refractivity contribution is 5.63. The molecule has 0 aliphatic carbocycles. The van der Waals surface area contributed by atoms with Crippen molar-refractivity contribution in [1.82, 2.24) is 9.55 Å². The number of aromatic nitrogens is 2. The van der Waals surface area contributed by atoms with Gasteiger partial charge in [-0.05, 0) is 30.5 Å². The van der Waals surface area contributed by atoms with Crippen LogP contribution in [0.1, 0.15) is 16.7 Å². The molecular formula is C21H23N3O3. The van der Waals surface area contributed by atoms with Crippen molar-refractivity contribution in [2.75, 3.05) is 19.5 Å². The zero-order valence-electron chi connectivity index (χ0n) is 15.9. The lowest BCUT2D eigenvalue weighted by Gasteiger charge is -2.17. The van der Waals surface area contributed by atoms with E-state index in [1.54, 1.807) is 13.3 Å². The molecule has 0 amide bonds. The van der Waals surface area contributed by atoms with E-state index in [4.69, 9.17) is 9.47 Å². The van der Waals surface area contributed by atoms with Gasteiger partial charge in [-0.3, -0.25) is 4.79 Å². The Morgan fingerprint density at radius 2 is 1.70 bits per heavy atom. The Hall–Kier alpha value is -3.28. The van der Waals surface area contributed by atoms with Crippen molar-refractivity contribution in [3.63, 3.8) is 0 Å². The van der Waals surface area contributed by atoms with Gasteiger partial charge in [0.05, 0.1) is 27.0 Å². The number of anilines is 2. The third kappa shape index (κ3) is 4.11. The average molecular weight is 365 g/mol. The van der Waals surface area contributed by atoms with E-state index < -0.39 is 5.56 Å². The Kier molecular flexibility index (Phi) is 5.45. The molecule has 2 aromatic carbocycles.